The summed E-state index contributed by atoms with van der Waals surface area (Å²) in [5.74, 6) is 0.419. The summed E-state index contributed by atoms with van der Waals surface area (Å²) in [5.41, 5.74) is 6.63. The molecule has 0 saturated carbocycles. The fourth-order valence-corrected chi connectivity index (χ4v) is 1.44. The van der Waals surface area contributed by atoms with Gasteiger partial charge in [-0.25, -0.2) is 0 Å². The number of halogens is 1. The van der Waals surface area contributed by atoms with Gasteiger partial charge in [-0.15, -0.1) is 0 Å². The second-order valence-electron chi connectivity index (χ2n) is 3.34. The minimum Gasteiger partial charge on any atom is -0.330 e. The van der Waals surface area contributed by atoms with Gasteiger partial charge < -0.3 is 5.73 Å². The Balaban J connectivity index is 2.72. The Bertz CT molecular complexity index is 270. The van der Waals surface area contributed by atoms with Crippen LogP contribution in [0.25, 0.3) is 0 Å². The van der Waals surface area contributed by atoms with Gasteiger partial charge in [0.05, 0.1) is 6.20 Å². The molecule has 2 N–H and O–H groups in total. The quantitative estimate of drug-likeness (QED) is 0.806. The lowest BCUT2D eigenvalue weighted by Crippen LogP contribution is -2.17. The SMILES string of the molecule is CCc1cnn(CC(C)CN)c1Cl. The van der Waals surface area contributed by atoms with Crippen molar-refractivity contribution in [2.24, 2.45) is 11.7 Å². The van der Waals surface area contributed by atoms with Crippen LogP contribution in [0.4, 0.5) is 0 Å². The molecule has 0 aromatic carbocycles. The van der Waals surface area contributed by atoms with Crippen molar-refractivity contribution in [2.75, 3.05) is 6.54 Å². The van der Waals surface area contributed by atoms with E-state index in [1.54, 1.807) is 0 Å². The highest BCUT2D eigenvalue weighted by atomic mass is 35.5. The first kappa shape index (κ1) is 10.5. The zero-order chi connectivity index (χ0) is 9.84. The van der Waals surface area contributed by atoms with E-state index in [0.29, 0.717) is 12.5 Å². The van der Waals surface area contributed by atoms with E-state index in [-0.39, 0.29) is 0 Å². The molecule has 4 heteroatoms. The van der Waals surface area contributed by atoms with Crippen molar-refractivity contribution in [3.63, 3.8) is 0 Å². The first-order valence-electron chi connectivity index (χ1n) is 4.59. The number of hydrogen-bond donors (Lipinski definition) is 1. The summed E-state index contributed by atoms with van der Waals surface area (Å²) in [5, 5.41) is 4.96. The summed E-state index contributed by atoms with van der Waals surface area (Å²) in [7, 11) is 0. The molecule has 13 heavy (non-hydrogen) atoms. The third kappa shape index (κ3) is 2.45. The fourth-order valence-electron chi connectivity index (χ4n) is 1.14. The van der Waals surface area contributed by atoms with Crippen molar-refractivity contribution >= 4 is 11.6 Å². The Morgan fingerprint density at radius 2 is 2.38 bits per heavy atom. The van der Waals surface area contributed by atoms with Crippen LogP contribution in [-0.2, 0) is 13.0 Å². The third-order valence-corrected chi connectivity index (χ3v) is 2.55. The second kappa shape index (κ2) is 4.63. The highest BCUT2D eigenvalue weighted by molar-refractivity contribution is 6.30. The van der Waals surface area contributed by atoms with Crippen molar-refractivity contribution in [3.8, 4) is 0 Å². The number of nitrogens with zero attached hydrogens (tertiary/aromatic N) is 2. The molecule has 1 aromatic heterocycles. The van der Waals surface area contributed by atoms with E-state index in [0.717, 1.165) is 23.7 Å². The van der Waals surface area contributed by atoms with Crippen LogP contribution in [-0.4, -0.2) is 16.3 Å². The average molecular weight is 202 g/mol. The lowest BCUT2D eigenvalue weighted by atomic mass is 10.2. The van der Waals surface area contributed by atoms with Gasteiger partial charge in [0.15, 0.2) is 0 Å². The highest BCUT2D eigenvalue weighted by Gasteiger charge is 2.08. The van der Waals surface area contributed by atoms with Gasteiger partial charge >= 0.3 is 0 Å². The van der Waals surface area contributed by atoms with Gasteiger partial charge in [0.1, 0.15) is 5.15 Å². The van der Waals surface area contributed by atoms with E-state index >= 15 is 0 Å². The van der Waals surface area contributed by atoms with E-state index in [1.807, 2.05) is 10.9 Å². The Kier molecular flexibility index (Phi) is 3.75. The molecular weight excluding hydrogens is 186 g/mol. The Labute approximate surface area is 83.9 Å². The largest absolute Gasteiger partial charge is 0.330 e. The van der Waals surface area contributed by atoms with Crippen LogP contribution in [0.3, 0.4) is 0 Å². The van der Waals surface area contributed by atoms with Crippen molar-refractivity contribution in [2.45, 2.75) is 26.8 Å². The predicted molar refractivity (Wildman–Crippen MR) is 54.8 cm³/mol. The first-order chi connectivity index (χ1) is 6.19. The number of hydrogen-bond acceptors (Lipinski definition) is 2. The zero-order valence-electron chi connectivity index (χ0n) is 8.13. The zero-order valence-corrected chi connectivity index (χ0v) is 8.88. The minimum absolute atomic E-state index is 0.419. The first-order valence-corrected chi connectivity index (χ1v) is 4.97. The minimum atomic E-state index is 0.419. The maximum absolute atomic E-state index is 6.09. The van der Waals surface area contributed by atoms with Crippen molar-refractivity contribution < 1.29 is 0 Å². The van der Waals surface area contributed by atoms with Crippen LogP contribution in [0.5, 0.6) is 0 Å². The molecule has 0 aliphatic carbocycles. The van der Waals surface area contributed by atoms with Gasteiger partial charge in [-0.1, -0.05) is 25.4 Å². The Morgan fingerprint density at radius 1 is 1.69 bits per heavy atom. The molecule has 0 radical (unpaired) electrons. The van der Waals surface area contributed by atoms with Gasteiger partial charge in [0, 0.05) is 12.1 Å². The van der Waals surface area contributed by atoms with Crippen LogP contribution in [0, 0.1) is 5.92 Å². The van der Waals surface area contributed by atoms with Crippen LogP contribution in [0.2, 0.25) is 5.15 Å². The molecule has 1 rings (SSSR count). The molecule has 1 unspecified atom stereocenters. The smallest absolute Gasteiger partial charge is 0.130 e. The van der Waals surface area contributed by atoms with Gasteiger partial charge in [-0.2, -0.15) is 5.10 Å². The average Bonchev–Trinajstić information content (AvgIpc) is 2.48. The van der Waals surface area contributed by atoms with Gasteiger partial charge in [0.2, 0.25) is 0 Å². The summed E-state index contributed by atoms with van der Waals surface area (Å²) in [4.78, 5) is 0. The summed E-state index contributed by atoms with van der Waals surface area (Å²) in [6, 6.07) is 0. The molecule has 1 aromatic rings. The summed E-state index contributed by atoms with van der Waals surface area (Å²) in [6.45, 7) is 5.62. The Hall–Kier alpha value is -0.540. The van der Waals surface area contributed by atoms with Crippen LogP contribution in [0.15, 0.2) is 6.20 Å². The fraction of sp³-hybridized carbons (Fsp3) is 0.667. The molecule has 0 aliphatic heterocycles. The van der Waals surface area contributed by atoms with E-state index < -0.39 is 0 Å². The molecule has 0 spiro atoms. The van der Waals surface area contributed by atoms with Crippen LogP contribution in [0.1, 0.15) is 19.4 Å². The number of aromatic nitrogens is 2. The normalized spacial score (nSPS) is 13.2. The van der Waals surface area contributed by atoms with E-state index in [9.17, 15) is 0 Å². The standard InChI is InChI=1S/C9H16ClN3/c1-3-8-5-12-13(9(8)10)6-7(2)4-11/h5,7H,3-4,6,11H2,1-2H3. The number of rotatable bonds is 4. The van der Waals surface area contributed by atoms with Crippen LogP contribution < -0.4 is 5.73 Å². The lowest BCUT2D eigenvalue weighted by molar-refractivity contribution is 0.459. The van der Waals surface area contributed by atoms with Crippen molar-refractivity contribution in [1.82, 2.24) is 9.78 Å². The molecular formula is C9H16ClN3. The van der Waals surface area contributed by atoms with E-state index in [4.69, 9.17) is 17.3 Å². The molecule has 0 saturated heterocycles. The van der Waals surface area contributed by atoms with Crippen molar-refractivity contribution in [1.29, 1.82) is 0 Å². The molecule has 74 valence electrons. The molecule has 3 nitrogen and oxygen atoms in total. The second-order valence-corrected chi connectivity index (χ2v) is 3.70. The van der Waals surface area contributed by atoms with Crippen LogP contribution >= 0.6 is 11.6 Å². The maximum Gasteiger partial charge on any atom is 0.130 e. The number of nitrogens with two attached hydrogens (primary N) is 1. The monoisotopic (exact) mass is 201 g/mol. The van der Waals surface area contributed by atoms with Gasteiger partial charge in [-0.3, -0.25) is 4.68 Å². The Morgan fingerprint density at radius 3 is 2.85 bits per heavy atom. The summed E-state index contributed by atoms with van der Waals surface area (Å²) in [6.07, 6.45) is 2.75. The summed E-state index contributed by atoms with van der Waals surface area (Å²) < 4.78 is 1.82. The molecule has 0 fully saturated rings. The molecule has 0 bridgehead atoms. The highest BCUT2D eigenvalue weighted by Crippen LogP contribution is 2.16. The molecule has 0 amide bonds. The van der Waals surface area contributed by atoms with E-state index in [2.05, 4.69) is 18.9 Å². The van der Waals surface area contributed by atoms with Gasteiger partial charge in [0.25, 0.3) is 0 Å². The third-order valence-electron chi connectivity index (χ3n) is 2.11. The van der Waals surface area contributed by atoms with Crippen molar-refractivity contribution in [3.05, 3.63) is 16.9 Å². The molecule has 1 atom stereocenters. The summed E-state index contributed by atoms with van der Waals surface area (Å²) >= 11 is 6.09. The van der Waals surface area contributed by atoms with Gasteiger partial charge in [-0.05, 0) is 18.9 Å². The molecule has 0 aliphatic rings. The van der Waals surface area contributed by atoms with E-state index in [1.165, 1.54) is 0 Å². The lowest BCUT2D eigenvalue weighted by Gasteiger charge is -2.09. The number of aryl methyl sites for hydroxylation is 1. The maximum atomic E-state index is 6.09. The predicted octanol–water partition coefficient (Wildman–Crippen LogP) is 1.69. The molecule has 1 heterocycles. The topological polar surface area (TPSA) is 43.8 Å².